The summed E-state index contributed by atoms with van der Waals surface area (Å²) < 4.78 is 45.3. The number of hydrogen-bond acceptors (Lipinski definition) is 3. The smallest absolute Gasteiger partial charge is 0.375 e. The molecule has 1 saturated carbocycles. The van der Waals surface area contributed by atoms with Crippen LogP contribution in [0.3, 0.4) is 0 Å². The predicted molar refractivity (Wildman–Crippen MR) is 110 cm³/mol. The zero-order valence-corrected chi connectivity index (χ0v) is 18.3. The molecule has 1 aliphatic carbocycles. The lowest BCUT2D eigenvalue weighted by Gasteiger charge is -2.40. The summed E-state index contributed by atoms with van der Waals surface area (Å²) in [4.78, 5) is 18.2. The van der Waals surface area contributed by atoms with Gasteiger partial charge < -0.3 is 9.64 Å². The van der Waals surface area contributed by atoms with E-state index in [0.717, 1.165) is 50.5 Å². The Bertz CT molecular complexity index is 871. The van der Waals surface area contributed by atoms with Crippen LogP contribution in [0.4, 0.5) is 13.2 Å². The van der Waals surface area contributed by atoms with Crippen molar-refractivity contribution in [1.82, 2.24) is 9.80 Å². The maximum Gasteiger partial charge on any atom is 0.416 e. The lowest BCUT2D eigenvalue weighted by molar-refractivity contribution is -0.146. The number of halogens is 3. The van der Waals surface area contributed by atoms with Gasteiger partial charge in [0.25, 0.3) is 0 Å². The molecule has 1 aromatic rings. The summed E-state index contributed by atoms with van der Waals surface area (Å²) in [7, 11) is 0. The van der Waals surface area contributed by atoms with Gasteiger partial charge in [0.05, 0.1) is 23.7 Å². The standard InChI is InChI=1S/C24H31F3N2O2/c1-15(2)23(7-5-19(11-23)29-13-21-10-20(29)14-31-21)22(30)28-8-6-16-3-4-18(24(25,26)27)9-17(16)12-28/h3-4,9,15,19-21H,5-8,10-14H2,1-2H3. The van der Waals surface area contributed by atoms with Crippen molar-refractivity contribution in [2.45, 2.75) is 76.9 Å². The molecule has 31 heavy (non-hydrogen) atoms. The van der Waals surface area contributed by atoms with Gasteiger partial charge in [0, 0.05) is 31.7 Å². The molecule has 0 aromatic heterocycles. The summed E-state index contributed by atoms with van der Waals surface area (Å²) in [6.07, 6.45) is 0.408. The second kappa shape index (κ2) is 7.48. The molecule has 4 unspecified atom stereocenters. The zero-order valence-electron chi connectivity index (χ0n) is 18.3. The first-order chi connectivity index (χ1) is 14.7. The van der Waals surface area contributed by atoms with Crippen molar-refractivity contribution in [3.8, 4) is 0 Å². The monoisotopic (exact) mass is 436 g/mol. The van der Waals surface area contributed by atoms with Crippen molar-refractivity contribution in [1.29, 1.82) is 0 Å². The van der Waals surface area contributed by atoms with Gasteiger partial charge in [-0.3, -0.25) is 9.69 Å². The first-order valence-electron chi connectivity index (χ1n) is 11.5. The average molecular weight is 437 g/mol. The highest BCUT2D eigenvalue weighted by Gasteiger charge is 2.53. The molecule has 0 N–H and O–H groups in total. The molecule has 4 atom stereocenters. The minimum Gasteiger partial charge on any atom is -0.375 e. The van der Waals surface area contributed by atoms with Crippen LogP contribution in [-0.4, -0.2) is 53.6 Å². The summed E-state index contributed by atoms with van der Waals surface area (Å²) in [5.41, 5.74) is 0.503. The van der Waals surface area contributed by atoms with Gasteiger partial charge in [-0.2, -0.15) is 13.2 Å². The van der Waals surface area contributed by atoms with Crippen LogP contribution in [0.5, 0.6) is 0 Å². The molecule has 3 fully saturated rings. The summed E-state index contributed by atoms with van der Waals surface area (Å²) in [5.74, 6) is 0.331. The van der Waals surface area contributed by atoms with Gasteiger partial charge in [-0.1, -0.05) is 19.9 Å². The number of amides is 1. The molecule has 3 heterocycles. The van der Waals surface area contributed by atoms with Crippen molar-refractivity contribution in [3.05, 3.63) is 34.9 Å². The van der Waals surface area contributed by atoms with Gasteiger partial charge in [0.2, 0.25) is 5.91 Å². The number of benzene rings is 1. The number of carbonyl (C=O) groups is 1. The molecule has 0 spiro atoms. The van der Waals surface area contributed by atoms with E-state index in [0.29, 0.717) is 36.7 Å². The quantitative estimate of drug-likeness (QED) is 0.710. The second-order valence-electron chi connectivity index (χ2n) is 10.2. The Hall–Kier alpha value is -1.60. The minimum atomic E-state index is -4.36. The Morgan fingerprint density at radius 2 is 2.03 bits per heavy atom. The van der Waals surface area contributed by atoms with Crippen molar-refractivity contribution < 1.29 is 22.7 Å². The summed E-state index contributed by atoms with van der Waals surface area (Å²) >= 11 is 0. The van der Waals surface area contributed by atoms with Crippen molar-refractivity contribution in [3.63, 3.8) is 0 Å². The number of hydrogen-bond donors (Lipinski definition) is 0. The Kier molecular flexibility index (Phi) is 5.13. The molecule has 170 valence electrons. The van der Waals surface area contributed by atoms with Gasteiger partial charge >= 0.3 is 6.18 Å². The normalized spacial score (nSPS) is 33.4. The van der Waals surface area contributed by atoms with Crippen molar-refractivity contribution >= 4 is 5.91 Å². The van der Waals surface area contributed by atoms with Gasteiger partial charge in [-0.15, -0.1) is 0 Å². The van der Waals surface area contributed by atoms with Crippen LogP contribution in [0.15, 0.2) is 18.2 Å². The lowest BCUT2D eigenvalue weighted by Crippen LogP contribution is -2.49. The third-order valence-corrected chi connectivity index (χ3v) is 8.30. The Morgan fingerprint density at radius 1 is 1.23 bits per heavy atom. The molecule has 3 aliphatic heterocycles. The molecule has 5 rings (SSSR count). The number of nitrogens with zero attached hydrogens (tertiary/aromatic N) is 2. The predicted octanol–water partition coefficient (Wildman–Crippen LogP) is 4.26. The number of alkyl halides is 3. The first-order valence-corrected chi connectivity index (χ1v) is 11.5. The van der Waals surface area contributed by atoms with Crippen LogP contribution >= 0.6 is 0 Å². The van der Waals surface area contributed by atoms with Crippen LogP contribution < -0.4 is 0 Å². The van der Waals surface area contributed by atoms with Crippen LogP contribution in [0, 0.1) is 11.3 Å². The highest BCUT2D eigenvalue weighted by Crippen LogP contribution is 2.49. The Morgan fingerprint density at radius 3 is 2.68 bits per heavy atom. The van der Waals surface area contributed by atoms with E-state index in [2.05, 4.69) is 18.7 Å². The largest absolute Gasteiger partial charge is 0.416 e. The fourth-order valence-corrected chi connectivity index (χ4v) is 6.40. The number of rotatable bonds is 3. The average Bonchev–Trinajstić information content (AvgIpc) is 3.47. The van der Waals surface area contributed by atoms with Gasteiger partial charge in [0.15, 0.2) is 0 Å². The Balaban J connectivity index is 1.35. The first kappa shape index (κ1) is 21.3. The van der Waals surface area contributed by atoms with Gasteiger partial charge in [-0.25, -0.2) is 0 Å². The molecule has 7 heteroatoms. The van der Waals surface area contributed by atoms with E-state index in [9.17, 15) is 18.0 Å². The van der Waals surface area contributed by atoms with Gasteiger partial charge in [-0.05, 0) is 61.3 Å². The fourth-order valence-electron chi connectivity index (χ4n) is 6.40. The SMILES string of the molecule is CC(C)C1(C(=O)N2CCc3ccc(C(F)(F)F)cc3C2)CCC(N2CC3CC2CO3)C1. The molecular formula is C24H31F3N2O2. The van der Waals surface area contributed by atoms with Crippen molar-refractivity contribution in [2.24, 2.45) is 11.3 Å². The van der Waals surface area contributed by atoms with E-state index in [1.165, 1.54) is 6.07 Å². The number of morpholine rings is 1. The van der Waals surface area contributed by atoms with Crippen LogP contribution in [0.2, 0.25) is 0 Å². The minimum absolute atomic E-state index is 0.133. The molecule has 1 aromatic carbocycles. The number of fused-ring (bicyclic) bond motifs is 3. The molecule has 4 nitrogen and oxygen atoms in total. The summed E-state index contributed by atoms with van der Waals surface area (Å²) in [5, 5.41) is 0. The molecule has 1 amide bonds. The highest BCUT2D eigenvalue weighted by atomic mass is 19.4. The third kappa shape index (κ3) is 3.58. The molecule has 2 saturated heterocycles. The topological polar surface area (TPSA) is 32.8 Å². The maximum atomic E-state index is 13.8. The second-order valence-corrected chi connectivity index (χ2v) is 10.2. The van der Waals surface area contributed by atoms with E-state index in [-0.39, 0.29) is 18.4 Å². The Labute approximate surface area is 181 Å². The third-order valence-electron chi connectivity index (χ3n) is 8.30. The molecule has 2 bridgehead atoms. The van der Waals surface area contributed by atoms with Crippen LogP contribution in [0.25, 0.3) is 0 Å². The van der Waals surface area contributed by atoms with E-state index in [1.54, 1.807) is 6.07 Å². The van der Waals surface area contributed by atoms with E-state index >= 15 is 0 Å². The zero-order chi connectivity index (χ0) is 22.0. The van der Waals surface area contributed by atoms with Gasteiger partial charge in [0.1, 0.15) is 0 Å². The molecule has 0 radical (unpaired) electrons. The lowest BCUT2D eigenvalue weighted by atomic mass is 9.73. The fraction of sp³-hybridized carbons (Fsp3) is 0.708. The van der Waals surface area contributed by atoms with Crippen molar-refractivity contribution in [2.75, 3.05) is 19.7 Å². The number of carbonyl (C=O) groups excluding carboxylic acids is 1. The maximum absolute atomic E-state index is 13.8. The number of ether oxygens (including phenoxy) is 1. The van der Waals surface area contributed by atoms with E-state index in [4.69, 9.17) is 4.74 Å². The van der Waals surface area contributed by atoms with E-state index in [1.807, 2.05) is 4.90 Å². The molecule has 4 aliphatic rings. The molecular weight excluding hydrogens is 405 g/mol. The summed E-state index contributed by atoms with van der Waals surface area (Å²) in [6.45, 7) is 6.87. The number of likely N-dealkylation sites (tertiary alicyclic amines) is 1. The highest BCUT2D eigenvalue weighted by molar-refractivity contribution is 5.84. The summed E-state index contributed by atoms with van der Waals surface area (Å²) in [6, 6.07) is 4.85. The van der Waals surface area contributed by atoms with Crippen LogP contribution in [-0.2, 0) is 28.7 Å². The van der Waals surface area contributed by atoms with E-state index < -0.39 is 17.2 Å². The van der Waals surface area contributed by atoms with Crippen LogP contribution in [0.1, 0.15) is 56.2 Å².